The highest BCUT2D eigenvalue weighted by Gasteiger charge is 2.10. The van der Waals surface area contributed by atoms with Crippen LogP contribution in [0.2, 0.25) is 0 Å². The normalized spacial score (nSPS) is 10.0. The van der Waals surface area contributed by atoms with Gasteiger partial charge in [0.15, 0.2) is 0 Å². The molecule has 0 amide bonds. The predicted molar refractivity (Wildman–Crippen MR) is 77.4 cm³/mol. The van der Waals surface area contributed by atoms with Crippen molar-refractivity contribution >= 4 is 21.6 Å². The van der Waals surface area contributed by atoms with Gasteiger partial charge >= 0.3 is 0 Å². The number of rotatable bonds is 3. The Morgan fingerprint density at radius 2 is 1.95 bits per heavy atom. The number of nitrogens with zero attached hydrogens (tertiary/aromatic N) is 2. The molecule has 0 aliphatic rings. The van der Waals surface area contributed by atoms with Crippen LogP contribution in [0, 0.1) is 17.1 Å². The molecule has 96 valence electrons. The van der Waals surface area contributed by atoms with Gasteiger partial charge in [0.2, 0.25) is 0 Å². The molecule has 2 aromatic carbocycles. The fourth-order valence-corrected chi connectivity index (χ4v) is 2.30. The van der Waals surface area contributed by atoms with Gasteiger partial charge in [-0.05, 0) is 39.7 Å². The summed E-state index contributed by atoms with van der Waals surface area (Å²) in [5, 5.41) is 9.09. The van der Waals surface area contributed by atoms with Crippen LogP contribution in [-0.2, 0) is 6.54 Å². The Morgan fingerprint density at radius 3 is 2.68 bits per heavy atom. The molecule has 0 bridgehead atoms. The summed E-state index contributed by atoms with van der Waals surface area (Å²) in [5.41, 5.74) is 2.29. The van der Waals surface area contributed by atoms with Crippen molar-refractivity contribution in [3.63, 3.8) is 0 Å². The van der Waals surface area contributed by atoms with E-state index < -0.39 is 0 Å². The number of anilines is 1. The Balaban J connectivity index is 2.29. The standard InChI is InChI=1S/C15H12BrFN2/c1-19(14-8-3-2-5-11(14)9-18)10-12-6-4-7-13(17)15(12)16/h2-8H,10H2,1H3. The smallest absolute Gasteiger partial charge is 0.137 e. The van der Waals surface area contributed by atoms with Gasteiger partial charge in [-0.15, -0.1) is 0 Å². The quantitative estimate of drug-likeness (QED) is 0.852. The van der Waals surface area contributed by atoms with Gasteiger partial charge in [-0.1, -0.05) is 24.3 Å². The van der Waals surface area contributed by atoms with Crippen LogP contribution in [-0.4, -0.2) is 7.05 Å². The average Bonchev–Trinajstić information content (AvgIpc) is 2.43. The van der Waals surface area contributed by atoms with Crippen molar-refractivity contribution in [2.24, 2.45) is 0 Å². The molecular weight excluding hydrogens is 307 g/mol. The van der Waals surface area contributed by atoms with Crippen LogP contribution in [0.3, 0.4) is 0 Å². The number of hydrogen-bond acceptors (Lipinski definition) is 2. The molecule has 0 aliphatic heterocycles. The van der Waals surface area contributed by atoms with Gasteiger partial charge in [0, 0.05) is 13.6 Å². The van der Waals surface area contributed by atoms with Crippen LogP contribution in [0.15, 0.2) is 46.9 Å². The summed E-state index contributed by atoms with van der Waals surface area (Å²) in [7, 11) is 1.88. The maximum absolute atomic E-state index is 13.5. The SMILES string of the molecule is CN(Cc1cccc(F)c1Br)c1ccccc1C#N. The highest BCUT2D eigenvalue weighted by molar-refractivity contribution is 9.10. The van der Waals surface area contributed by atoms with E-state index in [0.29, 0.717) is 16.6 Å². The van der Waals surface area contributed by atoms with Crippen molar-refractivity contribution in [2.45, 2.75) is 6.54 Å². The Morgan fingerprint density at radius 1 is 1.21 bits per heavy atom. The topological polar surface area (TPSA) is 27.0 Å². The van der Waals surface area contributed by atoms with Crippen LogP contribution in [0.1, 0.15) is 11.1 Å². The zero-order chi connectivity index (χ0) is 13.8. The minimum atomic E-state index is -0.278. The van der Waals surface area contributed by atoms with E-state index in [9.17, 15) is 4.39 Å². The fourth-order valence-electron chi connectivity index (χ4n) is 1.91. The largest absolute Gasteiger partial charge is 0.369 e. The molecule has 0 aliphatic carbocycles. The second-order valence-electron chi connectivity index (χ2n) is 4.20. The minimum Gasteiger partial charge on any atom is -0.369 e. The lowest BCUT2D eigenvalue weighted by Crippen LogP contribution is -2.18. The van der Waals surface area contributed by atoms with E-state index in [1.165, 1.54) is 6.07 Å². The van der Waals surface area contributed by atoms with Crippen LogP contribution in [0.25, 0.3) is 0 Å². The monoisotopic (exact) mass is 318 g/mol. The summed E-state index contributed by atoms with van der Waals surface area (Å²) in [4.78, 5) is 1.93. The highest BCUT2D eigenvalue weighted by Crippen LogP contribution is 2.25. The molecule has 0 N–H and O–H groups in total. The van der Waals surface area contributed by atoms with Gasteiger partial charge in [0.25, 0.3) is 0 Å². The van der Waals surface area contributed by atoms with Gasteiger partial charge in [0.05, 0.1) is 15.7 Å². The van der Waals surface area contributed by atoms with E-state index in [0.717, 1.165) is 11.3 Å². The maximum atomic E-state index is 13.5. The van der Waals surface area contributed by atoms with E-state index in [2.05, 4.69) is 22.0 Å². The van der Waals surface area contributed by atoms with Crippen molar-refractivity contribution < 1.29 is 4.39 Å². The van der Waals surface area contributed by atoms with Gasteiger partial charge in [-0.25, -0.2) is 4.39 Å². The molecule has 2 nitrogen and oxygen atoms in total. The molecule has 19 heavy (non-hydrogen) atoms. The average molecular weight is 319 g/mol. The lowest BCUT2D eigenvalue weighted by molar-refractivity contribution is 0.617. The highest BCUT2D eigenvalue weighted by atomic mass is 79.9. The molecule has 0 fully saturated rings. The molecule has 4 heteroatoms. The Kier molecular flexibility index (Phi) is 4.18. The molecule has 0 unspecified atom stereocenters. The second-order valence-corrected chi connectivity index (χ2v) is 4.99. The molecular formula is C15H12BrFN2. The first kappa shape index (κ1) is 13.6. The van der Waals surface area contributed by atoms with Crippen LogP contribution >= 0.6 is 15.9 Å². The second kappa shape index (κ2) is 5.85. The molecule has 0 heterocycles. The predicted octanol–water partition coefficient (Wildman–Crippen LogP) is 4.10. The van der Waals surface area contributed by atoms with Gasteiger partial charge in [-0.2, -0.15) is 5.26 Å². The number of benzene rings is 2. The summed E-state index contributed by atoms with van der Waals surface area (Å²) in [6.45, 7) is 0.525. The number of halogens is 2. The molecule has 0 atom stereocenters. The van der Waals surface area contributed by atoms with Crippen molar-refractivity contribution in [3.05, 3.63) is 63.9 Å². The molecule has 2 aromatic rings. The first-order valence-corrected chi connectivity index (χ1v) is 6.56. The van der Waals surface area contributed by atoms with E-state index >= 15 is 0 Å². The lowest BCUT2D eigenvalue weighted by atomic mass is 10.1. The van der Waals surface area contributed by atoms with Crippen LogP contribution in [0.5, 0.6) is 0 Å². The van der Waals surface area contributed by atoms with E-state index in [4.69, 9.17) is 5.26 Å². The molecule has 0 saturated carbocycles. The van der Waals surface area contributed by atoms with E-state index in [-0.39, 0.29) is 5.82 Å². The minimum absolute atomic E-state index is 0.278. The zero-order valence-corrected chi connectivity index (χ0v) is 12.0. The summed E-state index contributed by atoms with van der Waals surface area (Å²) in [5.74, 6) is -0.278. The van der Waals surface area contributed by atoms with Gasteiger partial charge in [0.1, 0.15) is 11.9 Å². The van der Waals surface area contributed by atoms with Crippen LogP contribution in [0.4, 0.5) is 10.1 Å². The first-order chi connectivity index (χ1) is 9.13. The van der Waals surface area contributed by atoms with Crippen molar-refractivity contribution in [2.75, 3.05) is 11.9 Å². The van der Waals surface area contributed by atoms with E-state index in [1.54, 1.807) is 12.1 Å². The van der Waals surface area contributed by atoms with Gasteiger partial charge in [-0.3, -0.25) is 0 Å². The molecule has 0 spiro atoms. The number of para-hydroxylation sites is 1. The third-order valence-electron chi connectivity index (χ3n) is 2.87. The van der Waals surface area contributed by atoms with Gasteiger partial charge < -0.3 is 4.90 Å². The summed E-state index contributed by atoms with van der Waals surface area (Å²) in [6, 6.07) is 14.5. The maximum Gasteiger partial charge on any atom is 0.137 e. The number of nitriles is 1. The summed E-state index contributed by atoms with van der Waals surface area (Å²) >= 11 is 3.25. The molecule has 0 saturated heterocycles. The molecule has 2 rings (SSSR count). The Bertz CT molecular complexity index is 634. The number of hydrogen-bond donors (Lipinski definition) is 0. The molecule has 0 aromatic heterocycles. The molecule has 0 radical (unpaired) electrons. The van der Waals surface area contributed by atoms with E-state index in [1.807, 2.05) is 36.2 Å². The van der Waals surface area contributed by atoms with Crippen LogP contribution < -0.4 is 4.90 Å². The first-order valence-electron chi connectivity index (χ1n) is 5.76. The van der Waals surface area contributed by atoms with Crippen molar-refractivity contribution in [1.82, 2.24) is 0 Å². The Labute approximate surface area is 120 Å². The Hall–Kier alpha value is -1.86. The van der Waals surface area contributed by atoms with Crippen molar-refractivity contribution in [1.29, 1.82) is 5.26 Å². The fraction of sp³-hybridized carbons (Fsp3) is 0.133. The lowest BCUT2D eigenvalue weighted by Gasteiger charge is -2.21. The summed E-state index contributed by atoms with van der Waals surface area (Å²) < 4.78 is 13.9. The summed E-state index contributed by atoms with van der Waals surface area (Å²) in [6.07, 6.45) is 0. The third-order valence-corrected chi connectivity index (χ3v) is 3.76. The van der Waals surface area contributed by atoms with Crippen molar-refractivity contribution in [3.8, 4) is 6.07 Å². The third kappa shape index (κ3) is 2.94. The zero-order valence-electron chi connectivity index (χ0n) is 10.4.